The number of aliphatic hydroxyl groups excluding tert-OH is 1. The van der Waals surface area contributed by atoms with Crippen LogP contribution < -0.4 is 5.32 Å². The van der Waals surface area contributed by atoms with E-state index in [1.165, 1.54) is 6.92 Å². The van der Waals surface area contributed by atoms with Gasteiger partial charge in [-0.25, -0.2) is 0 Å². The van der Waals surface area contributed by atoms with Gasteiger partial charge in [0.15, 0.2) is 0 Å². The van der Waals surface area contributed by atoms with Crippen LogP contribution in [0.3, 0.4) is 0 Å². The van der Waals surface area contributed by atoms with Gasteiger partial charge in [0.25, 0.3) is 0 Å². The second-order valence-electron chi connectivity index (χ2n) is 3.94. The molecular weight excluding hydrogens is 182 g/mol. The third-order valence-electron chi connectivity index (χ3n) is 2.82. The van der Waals surface area contributed by atoms with E-state index in [4.69, 9.17) is 4.74 Å². The summed E-state index contributed by atoms with van der Waals surface area (Å²) in [6, 6.07) is -0.259. The normalized spacial score (nSPS) is 38.0. The monoisotopic (exact) mass is 201 g/mol. The van der Waals surface area contributed by atoms with Gasteiger partial charge in [0.2, 0.25) is 5.91 Å². The van der Waals surface area contributed by atoms with Crippen molar-refractivity contribution in [2.45, 2.75) is 45.4 Å². The Morgan fingerprint density at radius 3 is 2.79 bits per heavy atom. The van der Waals surface area contributed by atoms with Crippen molar-refractivity contribution in [3.63, 3.8) is 0 Å². The van der Waals surface area contributed by atoms with Gasteiger partial charge in [-0.05, 0) is 6.42 Å². The summed E-state index contributed by atoms with van der Waals surface area (Å²) in [7, 11) is 0. The first kappa shape index (κ1) is 11.5. The van der Waals surface area contributed by atoms with Crippen molar-refractivity contribution in [1.82, 2.24) is 5.32 Å². The van der Waals surface area contributed by atoms with Crippen LogP contribution in [0.25, 0.3) is 0 Å². The van der Waals surface area contributed by atoms with E-state index >= 15 is 0 Å². The molecular formula is C10H19NO3. The van der Waals surface area contributed by atoms with Gasteiger partial charge in [-0.2, -0.15) is 0 Å². The third-order valence-corrected chi connectivity index (χ3v) is 2.82. The molecule has 82 valence electrons. The molecule has 1 heterocycles. The van der Waals surface area contributed by atoms with Crippen LogP contribution >= 0.6 is 0 Å². The topological polar surface area (TPSA) is 58.6 Å². The number of hydrogen-bond donors (Lipinski definition) is 2. The van der Waals surface area contributed by atoms with E-state index in [1.54, 1.807) is 0 Å². The summed E-state index contributed by atoms with van der Waals surface area (Å²) in [5.74, 6) is -0.0506. The first-order valence-corrected chi connectivity index (χ1v) is 5.13. The van der Waals surface area contributed by atoms with Crippen molar-refractivity contribution in [2.75, 3.05) is 6.61 Å². The van der Waals surface area contributed by atoms with Crippen LogP contribution in [0.2, 0.25) is 0 Å². The van der Waals surface area contributed by atoms with Crippen LogP contribution in [0, 0.1) is 5.92 Å². The van der Waals surface area contributed by atoms with E-state index in [9.17, 15) is 9.90 Å². The molecule has 4 heteroatoms. The van der Waals surface area contributed by atoms with Gasteiger partial charge >= 0.3 is 0 Å². The standard InChI is InChI=1S/C10H19NO3/c1-4-9-6(2)10(13)8(5-14-9)11-7(3)12/h6,8-10,13H,4-5H2,1-3H3,(H,11,12). The summed E-state index contributed by atoms with van der Waals surface area (Å²) >= 11 is 0. The molecule has 14 heavy (non-hydrogen) atoms. The molecule has 0 spiro atoms. The summed E-state index contributed by atoms with van der Waals surface area (Å²) in [5.41, 5.74) is 0. The first-order valence-electron chi connectivity index (χ1n) is 5.13. The Labute approximate surface area is 84.6 Å². The van der Waals surface area contributed by atoms with Crippen LogP contribution in [0.4, 0.5) is 0 Å². The van der Waals surface area contributed by atoms with E-state index in [0.717, 1.165) is 6.42 Å². The average Bonchev–Trinajstić information content (AvgIpc) is 2.13. The number of hydrogen-bond acceptors (Lipinski definition) is 3. The maximum Gasteiger partial charge on any atom is 0.217 e. The minimum atomic E-state index is -0.502. The lowest BCUT2D eigenvalue weighted by Crippen LogP contribution is -2.55. The molecule has 0 aromatic rings. The second-order valence-corrected chi connectivity index (χ2v) is 3.94. The minimum absolute atomic E-state index is 0.0746. The van der Waals surface area contributed by atoms with Crippen LogP contribution in [0.15, 0.2) is 0 Å². The Bertz CT molecular complexity index is 208. The molecule has 4 unspecified atom stereocenters. The molecule has 2 N–H and O–H groups in total. The number of amides is 1. The van der Waals surface area contributed by atoms with Gasteiger partial charge in [0, 0.05) is 12.8 Å². The molecule has 0 bridgehead atoms. The van der Waals surface area contributed by atoms with Gasteiger partial charge in [-0.15, -0.1) is 0 Å². The number of nitrogens with one attached hydrogen (secondary N) is 1. The van der Waals surface area contributed by atoms with Gasteiger partial charge in [-0.3, -0.25) is 4.79 Å². The van der Waals surface area contributed by atoms with E-state index < -0.39 is 6.10 Å². The summed E-state index contributed by atoms with van der Waals surface area (Å²) in [5, 5.41) is 12.6. The molecule has 0 aromatic carbocycles. The summed E-state index contributed by atoms with van der Waals surface area (Å²) in [4.78, 5) is 10.8. The molecule has 1 amide bonds. The largest absolute Gasteiger partial charge is 0.391 e. The second kappa shape index (κ2) is 4.75. The van der Waals surface area contributed by atoms with Crippen molar-refractivity contribution in [1.29, 1.82) is 0 Å². The van der Waals surface area contributed by atoms with E-state index in [2.05, 4.69) is 5.32 Å². The Kier molecular flexibility index (Phi) is 3.89. The first-order chi connectivity index (χ1) is 6.56. The highest BCUT2D eigenvalue weighted by Crippen LogP contribution is 2.23. The van der Waals surface area contributed by atoms with E-state index in [1.807, 2.05) is 13.8 Å². The Morgan fingerprint density at radius 2 is 2.29 bits per heavy atom. The fraction of sp³-hybridized carbons (Fsp3) is 0.900. The highest BCUT2D eigenvalue weighted by molar-refractivity contribution is 5.73. The highest BCUT2D eigenvalue weighted by Gasteiger charge is 2.35. The summed E-state index contributed by atoms with van der Waals surface area (Å²) in [6.45, 7) is 5.84. The summed E-state index contributed by atoms with van der Waals surface area (Å²) in [6.07, 6.45) is 0.498. The van der Waals surface area contributed by atoms with Gasteiger partial charge in [0.1, 0.15) is 0 Å². The number of ether oxygens (including phenoxy) is 1. The molecule has 1 aliphatic rings. The predicted molar refractivity (Wildman–Crippen MR) is 52.8 cm³/mol. The van der Waals surface area contributed by atoms with E-state index in [-0.39, 0.29) is 24.0 Å². The number of carbonyl (C=O) groups excluding carboxylic acids is 1. The lowest BCUT2D eigenvalue weighted by molar-refractivity contribution is -0.130. The van der Waals surface area contributed by atoms with Crippen molar-refractivity contribution >= 4 is 5.91 Å². The average molecular weight is 201 g/mol. The molecule has 0 aliphatic carbocycles. The van der Waals surface area contributed by atoms with Crippen LogP contribution in [0.1, 0.15) is 27.2 Å². The van der Waals surface area contributed by atoms with Crippen LogP contribution in [-0.4, -0.2) is 35.9 Å². The molecule has 4 nitrogen and oxygen atoms in total. The maximum atomic E-state index is 10.8. The van der Waals surface area contributed by atoms with Gasteiger partial charge in [0.05, 0.1) is 24.9 Å². The van der Waals surface area contributed by atoms with Crippen molar-refractivity contribution in [3.8, 4) is 0 Å². The Morgan fingerprint density at radius 1 is 1.64 bits per heavy atom. The maximum absolute atomic E-state index is 10.8. The Balaban J connectivity index is 2.54. The minimum Gasteiger partial charge on any atom is -0.391 e. The highest BCUT2D eigenvalue weighted by atomic mass is 16.5. The molecule has 1 saturated heterocycles. The lowest BCUT2D eigenvalue weighted by Gasteiger charge is -2.38. The molecule has 1 fully saturated rings. The van der Waals surface area contributed by atoms with Crippen molar-refractivity contribution < 1.29 is 14.6 Å². The molecule has 0 radical (unpaired) electrons. The zero-order valence-corrected chi connectivity index (χ0v) is 8.99. The number of rotatable bonds is 2. The molecule has 4 atom stereocenters. The molecule has 0 aromatic heterocycles. The SMILES string of the molecule is CCC1OCC(NC(C)=O)C(O)C1C. The number of aliphatic hydroxyl groups is 1. The predicted octanol–water partition coefficient (Wildman–Crippen LogP) is 0.297. The number of carbonyl (C=O) groups is 1. The van der Waals surface area contributed by atoms with Crippen molar-refractivity contribution in [2.24, 2.45) is 5.92 Å². The zero-order chi connectivity index (χ0) is 10.7. The third kappa shape index (κ3) is 2.45. The summed E-state index contributed by atoms with van der Waals surface area (Å²) < 4.78 is 5.55. The molecule has 1 aliphatic heterocycles. The smallest absolute Gasteiger partial charge is 0.217 e. The van der Waals surface area contributed by atoms with Gasteiger partial charge < -0.3 is 15.2 Å². The fourth-order valence-corrected chi connectivity index (χ4v) is 1.94. The van der Waals surface area contributed by atoms with Crippen molar-refractivity contribution in [3.05, 3.63) is 0 Å². The zero-order valence-electron chi connectivity index (χ0n) is 8.99. The molecule has 0 saturated carbocycles. The van der Waals surface area contributed by atoms with Crippen LogP contribution in [0.5, 0.6) is 0 Å². The lowest BCUT2D eigenvalue weighted by atomic mass is 9.89. The quantitative estimate of drug-likeness (QED) is 0.675. The molecule has 1 rings (SSSR count). The Hall–Kier alpha value is -0.610. The van der Waals surface area contributed by atoms with Crippen LogP contribution in [-0.2, 0) is 9.53 Å². The van der Waals surface area contributed by atoms with Gasteiger partial charge in [-0.1, -0.05) is 13.8 Å². The van der Waals surface area contributed by atoms with E-state index in [0.29, 0.717) is 6.61 Å². The fourth-order valence-electron chi connectivity index (χ4n) is 1.94.